The second-order valence-corrected chi connectivity index (χ2v) is 6.11. The SMILES string of the molecule is Clc1nc(N2CCOC3(CCOC3)C2)cc2ccccc12. The Morgan fingerprint density at radius 3 is 3.00 bits per heavy atom. The molecular formula is C16H17ClN2O2. The number of hydrogen-bond acceptors (Lipinski definition) is 4. The van der Waals surface area contributed by atoms with Crippen molar-refractivity contribution in [3.8, 4) is 0 Å². The standard InChI is InChI=1S/C16H17ClN2O2/c17-15-13-4-2-1-3-12(13)9-14(18-15)19-6-8-21-16(10-19)5-7-20-11-16/h1-4,9H,5-8,10-11H2. The first-order valence-corrected chi connectivity index (χ1v) is 7.66. The maximum absolute atomic E-state index is 6.34. The van der Waals surface area contributed by atoms with Crippen LogP contribution in [0.5, 0.6) is 0 Å². The maximum atomic E-state index is 6.34. The predicted octanol–water partition coefficient (Wildman–Crippen LogP) is 2.88. The molecule has 2 aromatic rings. The second kappa shape index (κ2) is 5.13. The minimum Gasteiger partial charge on any atom is -0.378 e. The zero-order valence-corrected chi connectivity index (χ0v) is 12.5. The highest BCUT2D eigenvalue weighted by Gasteiger charge is 2.40. The minimum absolute atomic E-state index is 0.169. The van der Waals surface area contributed by atoms with Gasteiger partial charge in [0, 0.05) is 25.0 Å². The maximum Gasteiger partial charge on any atom is 0.139 e. The van der Waals surface area contributed by atoms with Gasteiger partial charge in [-0.3, -0.25) is 0 Å². The molecule has 0 radical (unpaired) electrons. The van der Waals surface area contributed by atoms with Gasteiger partial charge < -0.3 is 14.4 Å². The fraction of sp³-hybridized carbons (Fsp3) is 0.438. The molecule has 1 aromatic carbocycles. The molecule has 2 fully saturated rings. The van der Waals surface area contributed by atoms with Crippen LogP contribution in [0.25, 0.3) is 10.8 Å². The van der Waals surface area contributed by atoms with Crippen molar-refractivity contribution in [1.29, 1.82) is 0 Å². The van der Waals surface area contributed by atoms with Gasteiger partial charge in [-0.1, -0.05) is 35.9 Å². The Morgan fingerprint density at radius 1 is 1.24 bits per heavy atom. The number of ether oxygens (including phenoxy) is 2. The molecule has 0 amide bonds. The van der Waals surface area contributed by atoms with E-state index in [4.69, 9.17) is 21.1 Å². The summed E-state index contributed by atoms with van der Waals surface area (Å²) in [5.74, 6) is 0.924. The lowest BCUT2D eigenvalue weighted by Gasteiger charge is -2.40. The van der Waals surface area contributed by atoms with Crippen LogP contribution in [0, 0.1) is 0 Å². The van der Waals surface area contributed by atoms with Gasteiger partial charge in [-0.05, 0) is 11.5 Å². The van der Waals surface area contributed by atoms with Crippen LogP contribution >= 0.6 is 11.6 Å². The summed E-state index contributed by atoms with van der Waals surface area (Å²) in [5, 5.41) is 2.68. The summed E-state index contributed by atoms with van der Waals surface area (Å²) < 4.78 is 11.5. The number of pyridine rings is 1. The van der Waals surface area contributed by atoms with E-state index >= 15 is 0 Å². The first-order chi connectivity index (χ1) is 10.3. The molecule has 0 saturated carbocycles. The molecule has 1 spiro atoms. The molecule has 1 aromatic heterocycles. The molecule has 1 atom stereocenters. The quantitative estimate of drug-likeness (QED) is 0.759. The Balaban J connectivity index is 1.69. The summed E-state index contributed by atoms with van der Waals surface area (Å²) in [6.07, 6.45) is 0.949. The zero-order chi connectivity index (χ0) is 14.3. The zero-order valence-electron chi connectivity index (χ0n) is 11.7. The van der Waals surface area contributed by atoms with Crippen LogP contribution in [0.4, 0.5) is 5.82 Å². The Bertz CT molecular complexity index is 670. The Hall–Kier alpha value is -1.36. The lowest BCUT2D eigenvalue weighted by molar-refractivity contribution is -0.0581. The first-order valence-electron chi connectivity index (χ1n) is 7.28. The average Bonchev–Trinajstić information content (AvgIpc) is 2.95. The minimum atomic E-state index is -0.169. The van der Waals surface area contributed by atoms with Crippen LogP contribution in [0.1, 0.15) is 6.42 Å². The highest BCUT2D eigenvalue weighted by Crippen LogP contribution is 2.32. The molecule has 0 bridgehead atoms. The lowest BCUT2D eigenvalue weighted by atomic mass is 10.0. The molecule has 21 heavy (non-hydrogen) atoms. The van der Waals surface area contributed by atoms with E-state index in [0.29, 0.717) is 18.4 Å². The highest BCUT2D eigenvalue weighted by molar-refractivity contribution is 6.34. The number of halogens is 1. The number of hydrogen-bond donors (Lipinski definition) is 0. The Labute approximate surface area is 128 Å². The number of benzene rings is 1. The molecule has 5 heteroatoms. The topological polar surface area (TPSA) is 34.6 Å². The molecular weight excluding hydrogens is 288 g/mol. The summed E-state index contributed by atoms with van der Waals surface area (Å²) in [5.41, 5.74) is -0.169. The molecule has 3 heterocycles. The van der Waals surface area contributed by atoms with Gasteiger partial charge in [-0.25, -0.2) is 4.98 Å². The third-order valence-electron chi connectivity index (χ3n) is 4.32. The van der Waals surface area contributed by atoms with E-state index in [2.05, 4.69) is 22.0 Å². The number of morpholine rings is 1. The van der Waals surface area contributed by atoms with Gasteiger partial charge in [0.05, 0.1) is 19.8 Å². The van der Waals surface area contributed by atoms with Crippen LogP contribution in [-0.4, -0.2) is 43.5 Å². The lowest BCUT2D eigenvalue weighted by Crippen LogP contribution is -2.52. The van der Waals surface area contributed by atoms with E-state index in [0.717, 1.165) is 42.7 Å². The second-order valence-electron chi connectivity index (χ2n) is 5.75. The summed E-state index contributed by atoms with van der Waals surface area (Å²) in [4.78, 5) is 6.83. The van der Waals surface area contributed by atoms with Gasteiger partial charge in [0.1, 0.15) is 16.6 Å². The van der Waals surface area contributed by atoms with Crippen molar-refractivity contribution >= 4 is 28.2 Å². The van der Waals surface area contributed by atoms with Crippen LogP contribution in [0.2, 0.25) is 5.15 Å². The summed E-state index contributed by atoms with van der Waals surface area (Å²) in [6, 6.07) is 10.2. The van der Waals surface area contributed by atoms with E-state index in [-0.39, 0.29) is 5.60 Å². The van der Waals surface area contributed by atoms with Crippen LogP contribution in [0.15, 0.2) is 30.3 Å². The number of fused-ring (bicyclic) bond motifs is 1. The molecule has 4 rings (SSSR count). The molecule has 2 saturated heterocycles. The number of aromatic nitrogens is 1. The Morgan fingerprint density at radius 2 is 2.14 bits per heavy atom. The smallest absolute Gasteiger partial charge is 0.139 e. The van der Waals surface area contributed by atoms with Gasteiger partial charge >= 0.3 is 0 Å². The van der Waals surface area contributed by atoms with Crippen molar-refractivity contribution in [2.24, 2.45) is 0 Å². The van der Waals surface area contributed by atoms with Crippen molar-refractivity contribution in [1.82, 2.24) is 4.98 Å². The van der Waals surface area contributed by atoms with E-state index in [9.17, 15) is 0 Å². The van der Waals surface area contributed by atoms with E-state index in [1.54, 1.807) is 0 Å². The van der Waals surface area contributed by atoms with Gasteiger partial charge in [0.2, 0.25) is 0 Å². The molecule has 4 nitrogen and oxygen atoms in total. The van der Waals surface area contributed by atoms with Crippen LogP contribution in [0.3, 0.4) is 0 Å². The fourth-order valence-corrected chi connectivity index (χ4v) is 3.43. The Kier molecular flexibility index (Phi) is 3.25. The largest absolute Gasteiger partial charge is 0.378 e. The van der Waals surface area contributed by atoms with Crippen molar-refractivity contribution in [3.05, 3.63) is 35.5 Å². The first kappa shape index (κ1) is 13.3. The predicted molar refractivity (Wildman–Crippen MR) is 83.1 cm³/mol. The van der Waals surface area contributed by atoms with Crippen molar-refractivity contribution in [2.75, 3.05) is 37.8 Å². The molecule has 0 N–H and O–H groups in total. The third kappa shape index (κ3) is 2.37. The number of nitrogens with zero attached hydrogens (tertiary/aromatic N) is 2. The number of anilines is 1. The fourth-order valence-electron chi connectivity index (χ4n) is 3.17. The summed E-state index contributed by atoms with van der Waals surface area (Å²) in [7, 11) is 0. The van der Waals surface area contributed by atoms with E-state index in [1.165, 1.54) is 0 Å². The average molecular weight is 305 g/mol. The van der Waals surface area contributed by atoms with Gasteiger partial charge in [-0.2, -0.15) is 0 Å². The monoisotopic (exact) mass is 304 g/mol. The van der Waals surface area contributed by atoms with Gasteiger partial charge in [-0.15, -0.1) is 0 Å². The third-order valence-corrected chi connectivity index (χ3v) is 4.61. The molecule has 1 unspecified atom stereocenters. The van der Waals surface area contributed by atoms with Crippen LogP contribution in [-0.2, 0) is 9.47 Å². The van der Waals surface area contributed by atoms with Crippen molar-refractivity contribution in [3.63, 3.8) is 0 Å². The molecule has 0 aliphatic carbocycles. The van der Waals surface area contributed by atoms with Gasteiger partial charge in [0.15, 0.2) is 0 Å². The number of rotatable bonds is 1. The van der Waals surface area contributed by atoms with E-state index in [1.807, 2.05) is 18.2 Å². The van der Waals surface area contributed by atoms with E-state index < -0.39 is 0 Å². The highest BCUT2D eigenvalue weighted by atomic mass is 35.5. The van der Waals surface area contributed by atoms with Crippen molar-refractivity contribution in [2.45, 2.75) is 12.0 Å². The van der Waals surface area contributed by atoms with Crippen LogP contribution < -0.4 is 4.90 Å². The van der Waals surface area contributed by atoms with Crippen molar-refractivity contribution < 1.29 is 9.47 Å². The summed E-state index contributed by atoms with van der Waals surface area (Å²) >= 11 is 6.34. The van der Waals surface area contributed by atoms with Gasteiger partial charge in [0.25, 0.3) is 0 Å². The normalized spacial score (nSPS) is 25.9. The molecule has 2 aliphatic rings. The molecule has 110 valence electrons. The summed E-state index contributed by atoms with van der Waals surface area (Å²) in [6.45, 7) is 3.80. The molecule has 2 aliphatic heterocycles.